The van der Waals surface area contributed by atoms with E-state index in [1.807, 2.05) is 20.2 Å². The number of hydrogen-bond acceptors (Lipinski definition) is 2. The van der Waals surface area contributed by atoms with Crippen LogP contribution in [0.4, 0.5) is 0 Å². The van der Waals surface area contributed by atoms with Crippen molar-refractivity contribution in [1.82, 2.24) is 9.55 Å². The lowest BCUT2D eigenvalue weighted by atomic mass is 10.4. The van der Waals surface area contributed by atoms with Crippen molar-refractivity contribution in [2.24, 2.45) is 12.0 Å². The average molecular weight is 150 g/mol. The van der Waals surface area contributed by atoms with E-state index in [0.29, 0.717) is 5.62 Å². The minimum Gasteiger partial charge on any atom is -0.320 e. The molecule has 1 heterocycles. The van der Waals surface area contributed by atoms with Crippen LogP contribution in [0, 0.1) is 12.3 Å². The highest BCUT2D eigenvalue weighted by molar-refractivity contribution is 5.50. The topological polar surface area (TPSA) is 54.0 Å². The zero-order valence-electron chi connectivity index (χ0n) is 6.57. The van der Waals surface area contributed by atoms with Crippen molar-refractivity contribution in [2.45, 2.75) is 6.92 Å². The summed E-state index contributed by atoms with van der Waals surface area (Å²) in [7, 11) is 1.85. The van der Waals surface area contributed by atoms with Gasteiger partial charge in [-0.15, -0.1) is 0 Å². The van der Waals surface area contributed by atoms with Crippen LogP contribution in [0.15, 0.2) is 17.4 Å². The molecule has 4 nitrogen and oxygen atoms in total. The lowest BCUT2D eigenvalue weighted by molar-refractivity contribution is 0.778. The predicted octanol–water partition coefficient (Wildman–Crippen LogP) is 0.236. The number of rotatable bonds is 1. The van der Waals surface area contributed by atoms with Gasteiger partial charge in [0.2, 0.25) is 5.62 Å². The fourth-order valence-corrected chi connectivity index (χ4v) is 0.829. The molecular formula is C7H10N4. The van der Waals surface area contributed by atoms with E-state index in [2.05, 4.69) is 9.98 Å². The van der Waals surface area contributed by atoms with Crippen molar-refractivity contribution in [2.75, 3.05) is 0 Å². The van der Waals surface area contributed by atoms with E-state index in [9.17, 15) is 0 Å². The van der Waals surface area contributed by atoms with Gasteiger partial charge >= 0.3 is 0 Å². The van der Waals surface area contributed by atoms with Crippen molar-refractivity contribution >= 4 is 6.34 Å². The molecule has 0 saturated heterocycles. The summed E-state index contributed by atoms with van der Waals surface area (Å²) in [6, 6.07) is 0. The summed E-state index contributed by atoms with van der Waals surface area (Å²) in [4.78, 5) is 7.75. The highest BCUT2D eigenvalue weighted by Crippen LogP contribution is 1.85. The summed E-state index contributed by atoms with van der Waals surface area (Å²) < 4.78 is 1.78. The maximum Gasteiger partial charge on any atom is 0.230 e. The molecule has 1 aromatic rings. The Morgan fingerprint density at radius 1 is 1.73 bits per heavy atom. The molecule has 0 unspecified atom stereocenters. The molecule has 58 valence electrons. The second-order valence-corrected chi connectivity index (χ2v) is 2.30. The molecule has 0 radical (unpaired) electrons. The number of nitrogens with zero attached hydrogens (tertiary/aromatic N) is 3. The zero-order valence-corrected chi connectivity index (χ0v) is 6.57. The van der Waals surface area contributed by atoms with Crippen molar-refractivity contribution in [3.8, 4) is 0 Å². The second-order valence-electron chi connectivity index (χ2n) is 2.30. The summed E-state index contributed by atoms with van der Waals surface area (Å²) >= 11 is 0. The Morgan fingerprint density at radius 2 is 2.45 bits per heavy atom. The minimum absolute atomic E-state index is 0.547. The van der Waals surface area contributed by atoms with Crippen molar-refractivity contribution in [3.05, 3.63) is 23.6 Å². The summed E-state index contributed by atoms with van der Waals surface area (Å²) in [6.07, 6.45) is 4.62. The zero-order chi connectivity index (χ0) is 8.27. The van der Waals surface area contributed by atoms with E-state index in [0.717, 1.165) is 11.9 Å². The van der Waals surface area contributed by atoms with Crippen LogP contribution >= 0.6 is 0 Å². The van der Waals surface area contributed by atoms with Crippen LogP contribution in [0.1, 0.15) is 5.56 Å². The molecule has 0 atom stereocenters. The summed E-state index contributed by atoms with van der Waals surface area (Å²) in [5, 5.41) is 6.75. The molecule has 1 N–H and O–H groups in total. The van der Waals surface area contributed by atoms with Gasteiger partial charge in [0, 0.05) is 19.4 Å². The molecule has 0 aliphatic carbocycles. The summed E-state index contributed by atoms with van der Waals surface area (Å²) in [5.41, 5.74) is 1.63. The third kappa shape index (κ3) is 1.73. The maximum absolute atomic E-state index is 6.75. The van der Waals surface area contributed by atoms with Gasteiger partial charge in [-0.1, -0.05) is 0 Å². The van der Waals surface area contributed by atoms with Crippen LogP contribution in [-0.2, 0) is 7.05 Å². The molecule has 0 bridgehead atoms. The first-order valence-corrected chi connectivity index (χ1v) is 3.26. The Bertz CT molecular complexity index is 323. The van der Waals surface area contributed by atoms with Gasteiger partial charge in [-0.05, 0) is 12.5 Å². The first-order chi connectivity index (χ1) is 5.24. The van der Waals surface area contributed by atoms with E-state index in [1.165, 1.54) is 0 Å². The summed E-state index contributed by atoms with van der Waals surface area (Å²) in [6.45, 7) is 1.96. The van der Waals surface area contributed by atoms with Crippen LogP contribution in [0.5, 0.6) is 0 Å². The Balaban J connectivity index is 3.30. The minimum atomic E-state index is 0.547. The van der Waals surface area contributed by atoms with Crippen LogP contribution in [-0.4, -0.2) is 15.9 Å². The van der Waals surface area contributed by atoms with Gasteiger partial charge in [0.1, 0.15) is 6.34 Å². The van der Waals surface area contributed by atoms with Gasteiger partial charge in [-0.25, -0.2) is 9.98 Å². The van der Waals surface area contributed by atoms with Gasteiger partial charge in [0.15, 0.2) is 0 Å². The first-order valence-electron chi connectivity index (χ1n) is 3.26. The molecular weight excluding hydrogens is 140 g/mol. The third-order valence-corrected chi connectivity index (χ3v) is 1.28. The van der Waals surface area contributed by atoms with E-state index in [1.54, 1.807) is 10.8 Å². The molecule has 1 aromatic heterocycles. The predicted molar refractivity (Wildman–Crippen MR) is 42.3 cm³/mol. The van der Waals surface area contributed by atoms with Gasteiger partial charge < -0.3 is 4.57 Å². The SMILES string of the molecule is Cc1cnc(=NC=N)n(C)c1. The Labute approximate surface area is 64.8 Å². The first kappa shape index (κ1) is 7.65. The quantitative estimate of drug-likeness (QED) is 0.452. The highest BCUT2D eigenvalue weighted by Gasteiger charge is 1.87. The molecule has 0 aliphatic heterocycles. The fraction of sp³-hybridized carbons (Fsp3) is 0.286. The lowest BCUT2D eigenvalue weighted by Crippen LogP contribution is -2.21. The van der Waals surface area contributed by atoms with Crippen LogP contribution in [0.2, 0.25) is 0 Å². The number of aromatic nitrogens is 2. The molecule has 0 aromatic carbocycles. The smallest absolute Gasteiger partial charge is 0.230 e. The number of nitrogens with one attached hydrogen (secondary N) is 1. The molecule has 0 spiro atoms. The maximum atomic E-state index is 6.75. The lowest BCUT2D eigenvalue weighted by Gasteiger charge is -1.97. The van der Waals surface area contributed by atoms with E-state index < -0.39 is 0 Å². The monoisotopic (exact) mass is 150 g/mol. The van der Waals surface area contributed by atoms with Crippen molar-refractivity contribution < 1.29 is 0 Å². The van der Waals surface area contributed by atoms with Crippen LogP contribution < -0.4 is 5.62 Å². The highest BCUT2D eigenvalue weighted by atomic mass is 15.1. The Morgan fingerprint density at radius 3 is 3.00 bits per heavy atom. The molecule has 1 rings (SSSR count). The molecule has 11 heavy (non-hydrogen) atoms. The molecule has 4 heteroatoms. The van der Waals surface area contributed by atoms with E-state index >= 15 is 0 Å². The third-order valence-electron chi connectivity index (χ3n) is 1.28. The largest absolute Gasteiger partial charge is 0.320 e. The van der Waals surface area contributed by atoms with Gasteiger partial charge in [0.05, 0.1) is 0 Å². The van der Waals surface area contributed by atoms with Gasteiger partial charge in [-0.2, -0.15) is 0 Å². The molecule has 0 saturated carbocycles. The molecule has 0 amide bonds. The van der Waals surface area contributed by atoms with Crippen molar-refractivity contribution in [3.63, 3.8) is 0 Å². The second kappa shape index (κ2) is 3.09. The Kier molecular flexibility index (Phi) is 2.15. The number of aryl methyl sites for hydroxylation is 2. The summed E-state index contributed by atoms with van der Waals surface area (Å²) in [5.74, 6) is 0. The average Bonchev–Trinajstić information content (AvgIpc) is 1.95. The normalized spacial score (nSPS) is 11.6. The van der Waals surface area contributed by atoms with Crippen LogP contribution in [0.3, 0.4) is 0 Å². The molecule has 0 aliphatic rings. The van der Waals surface area contributed by atoms with Gasteiger partial charge in [0.25, 0.3) is 0 Å². The standard InChI is InChI=1S/C7H10N4/c1-6-3-9-7(10-5-8)11(2)4-6/h3-5,8H,1-2H3. The van der Waals surface area contributed by atoms with E-state index in [-0.39, 0.29) is 0 Å². The fourth-order valence-electron chi connectivity index (χ4n) is 0.829. The van der Waals surface area contributed by atoms with E-state index in [4.69, 9.17) is 5.41 Å². The number of hydrogen-bond donors (Lipinski definition) is 1. The van der Waals surface area contributed by atoms with Crippen LogP contribution in [0.25, 0.3) is 0 Å². The Hall–Kier alpha value is -1.45. The van der Waals surface area contributed by atoms with Gasteiger partial charge in [-0.3, -0.25) is 5.41 Å². The van der Waals surface area contributed by atoms with Crippen molar-refractivity contribution in [1.29, 1.82) is 5.41 Å². The molecule has 0 fully saturated rings.